The summed E-state index contributed by atoms with van der Waals surface area (Å²) in [7, 11) is 0. The lowest BCUT2D eigenvalue weighted by atomic mass is 9.92. The van der Waals surface area contributed by atoms with Gasteiger partial charge in [0.1, 0.15) is 17.3 Å². The number of Topliss-reactive ketones (excluding diaryl/α,β-unsaturated/α-hetero) is 1. The molecule has 1 aliphatic heterocycles. The summed E-state index contributed by atoms with van der Waals surface area (Å²) in [5, 5.41) is 11.2. The molecule has 3 aromatic rings. The van der Waals surface area contributed by atoms with Gasteiger partial charge in [0, 0.05) is 5.56 Å². The maximum Gasteiger partial charge on any atom is 0.296 e. The summed E-state index contributed by atoms with van der Waals surface area (Å²) in [6.45, 7) is 6.75. The Morgan fingerprint density at radius 1 is 1.06 bits per heavy atom. The van der Waals surface area contributed by atoms with Crippen LogP contribution < -0.4 is 4.74 Å². The second-order valence-corrected chi connectivity index (χ2v) is 8.59. The van der Waals surface area contributed by atoms with Gasteiger partial charge in [0.25, 0.3) is 11.7 Å². The summed E-state index contributed by atoms with van der Waals surface area (Å²) >= 11 is 0. The second-order valence-electron chi connectivity index (χ2n) is 8.59. The Hall–Kier alpha value is -3.80. The largest absolute Gasteiger partial charge is 0.507 e. The first-order chi connectivity index (χ1) is 15.9. The summed E-state index contributed by atoms with van der Waals surface area (Å²) < 4.78 is 11.1. The number of aliphatic hydroxyl groups excluding tert-OH is 1. The van der Waals surface area contributed by atoms with Crippen LogP contribution in [0.3, 0.4) is 0 Å². The van der Waals surface area contributed by atoms with Crippen molar-refractivity contribution in [3.05, 3.63) is 95.0 Å². The van der Waals surface area contributed by atoms with E-state index in [1.807, 2.05) is 31.2 Å². The molecule has 1 atom stereocenters. The van der Waals surface area contributed by atoms with Crippen molar-refractivity contribution in [1.29, 1.82) is 0 Å². The van der Waals surface area contributed by atoms with Gasteiger partial charge < -0.3 is 19.2 Å². The predicted molar refractivity (Wildman–Crippen MR) is 125 cm³/mol. The molecule has 1 fully saturated rings. The number of carbonyl (C=O) groups is 2. The summed E-state index contributed by atoms with van der Waals surface area (Å²) in [5.74, 6) is 0.0259. The van der Waals surface area contributed by atoms with Crippen molar-refractivity contribution in [3.63, 3.8) is 0 Å². The number of ether oxygens (including phenoxy) is 1. The molecule has 6 heteroatoms. The number of benzene rings is 2. The highest BCUT2D eigenvalue weighted by Gasteiger charge is 2.46. The number of carbonyl (C=O) groups excluding carboxylic acids is 2. The fraction of sp³-hybridized carbons (Fsp3) is 0.259. The van der Waals surface area contributed by atoms with Crippen LogP contribution in [0.2, 0.25) is 0 Å². The molecule has 1 N–H and O–H groups in total. The Morgan fingerprint density at radius 2 is 1.79 bits per heavy atom. The Morgan fingerprint density at radius 3 is 2.42 bits per heavy atom. The molecule has 1 amide bonds. The molecule has 0 aliphatic carbocycles. The lowest BCUT2D eigenvalue weighted by Gasteiger charge is -2.25. The maximum absolute atomic E-state index is 13.1. The zero-order chi connectivity index (χ0) is 23.5. The molecular formula is C27H27NO5. The molecule has 33 heavy (non-hydrogen) atoms. The molecular weight excluding hydrogens is 418 g/mol. The highest BCUT2D eigenvalue weighted by atomic mass is 16.5. The SMILES string of the molecule is Cc1ccccc1C1/C(=C(/O)c2ccc(OCC(C)C)cc2)C(=O)C(=O)N1Cc1ccco1. The summed E-state index contributed by atoms with van der Waals surface area (Å²) in [4.78, 5) is 27.6. The number of aryl methyl sites for hydroxylation is 1. The number of nitrogens with zero attached hydrogens (tertiary/aromatic N) is 1. The number of rotatable bonds is 7. The van der Waals surface area contributed by atoms with Crippen LogP contribution in [0.5, 0.6) is 5.75 Å². The van der Waals surface area contributed by atoms with Crippen molar-refractivity contribution in [2.75, 3.05) is 6.61 Å². The van der Waals surface area contributed by atoms with Crippen LogP contribution in [-0.2, 0) is 16.1 Å². The topological polar surface area (TPSA) is 80.0 Å². The number of aliphatic hydroxyl groups is 1. The van der Waals surface area contributed by atoms with Crippen LogP contribution in [-0.4, -0.2) is 28.3 Å². The molecule has 4 rings (SSSR count). The quantitative estimate of drug-likeness (QED) is 0.305. The molecule has 2 heterocycles. The molecule has 170 valence electrons. The maximum atomic E-state index is 13.1. The van der Waals surface area contributed by atoms with Crippen LogP contribution in [0, 0.1) is 12.8 Å². The number of ketones is 1. The van der Waals surface area contributed by atoms with E-state index < -0.39 is 17.7 Å². The fourth-order valence-corrected chi connectivity index (χ4v) is 3.96. The van der Waals surface area contributed by atoms with Crippen LogP contribution >= 0.6 is 0 Å². The van der Waals surface area contributed by atoms with Gasteiger partial charge >= 0.3 is 0 Å². The van der Waals surface area contributed by atoms with Gasteiger partial charge in [-0.15, -0.1) is 0 Å². The summed E-state index contributed by atoms with van der Waals surface area (Å²) in [6, 6.07) is 17.2. The normalized spacial score (nSPS) is 17.7. The van der Waals surface area contributed by atoms with Gasteiger partial charge in [0.2, 0.25) is 0 Å². The Balaban J connectivity index is 1.77. The molecule has 0 spiro atoms. The molecule has 1 aromatic heterocycles. The Labute approximate surface area is 193 Å². The van der Waals surface area contributed by atoms with Crippen LogP contribution in [0.15, 0.2) is 76.9 Å². The highest BCUT2D eigenvalue weighted by Crippen LogP contribution is 2.41. The third-order valence-electron chi connectivity index (χ3n) is 5.64. The number of amides is 1. The number of hydrogen-bond donors (Lipinski definition) is 1. The minimum atomic E-state index is -0.729. The van der Waals surface area contributed by atoms with Gasteiger partial charge in [-0.3, -0.25) is 9.59 Å². The molecule has 1 unspecified atom stereocenters. The van der Waals surface area contributed by atoms with Gasteiger partial charge in [0.05, 0.1) is 31.0 Å². The third kappa shape index (κ3) is 4.55. The van der Waals surface area contributed by atoms with E-state index in [1.54, 1.807) is 36.4 Å². The average Bonchev–Trinajstić information content (AvgIpc) is 3.40. The van der Waals surface area contributed by atoms with Crippen LogP contribution in [0.4, 0.5) is 0 Å². The highest BCUT2D eigenvalue weighted by molar-refractivity contribution is 6.46. The van der Waals surface area contributed by atoms with E-state index in [2.05, 4.69) is 13.8 Å². The van der Waals surface area contributed by atoms with Gasteiger partial charge in [-0.1, -0.05) is 38.1 Å². The van der Waals surface area contributed by atoms with E-state index in [0.717, 1.165) is 11.1 Å². The van der Waals surface area contributed by atoms with E-state index in [9.17, 15) is 14.7 Å². The summed E-state index contributed by atoms with van der Waals surface area (Å²) in [5.41, 5.74) is 2.21. The first-order valence-corrected chi connectivity index (χ1v) is 11.0. The van der Waals surface area contributed by atoms with Crippen LogP contribution in [0.25, 0.3) is 5.76 Å². The summed E-state index contributed by atoms with van der Waals surface area (Å²) in [6.07, 6.45) is 1.53. The van der Waals surface area contributed by atoms with Crippen LogP contribution in [0.1, 0.15) is 42.3 Å². The molecule has 0 bridgehead atoms. The van der Waals surface area contributed by atoms with Gasteiger partial charge in [-0.25, -0.2) is 0 Å². The molecule has 1 aliphatic rings. The fourth-order valence-electron chi connectivity index (χ4n) is 3.96. The minimum Gasteiger partial charge on any atom is -0.507 e. The second kappa shape index (κ2) is 9.36. The van der Waals surface area contributed by atoms with Crippen molar-refractivity contribution in [3.8, 4) is 5.75 Å². The lowest BCUT2D eigenvalue weighted by molar-refractivity contribution is -0.140. The van der Waals surface area contributed by atoms with Crippen molar-refractivity contribution >= 4 is 17.4 Å². The van der Waals surface area contributed by atoms with Gasteiger partial charge in [-0.05, 0) is 60.4 Å². The van der Waals surface area contributed by atoms with Gasteiger partial charge in [0.15, 0.2) is 0 Å². The first kappa shape index (κ1) is 22.4. The predicted octanol–water partition coefficient (Wildman–Crippen LogP) is 5.24. The zero-order valence-corrected chi connectivity index (χ0v) is 18.9. The van der Waals surface area contributed by atoms with E-state index in [0.29, 0.717) is 29.6 Å². The van der Waals surface area contributed by atoms with Crippen molar-refractivity contribution in [1.82, 2.24) is 4.90 Å². The number of furan rings is 1. The minimum absolute atomic E-state index is 0.0664. The van der Waals surface area contributed by atoms with E-state index in [1.165, 1.54) is 11.2 Å². The lowest BCUT2D eigenvalue weighted by Crippen LogP contribution is -2.29. The molecule has 6 nitrogen and oxygen atoms in total. The molecule has 2 aromatic carbocycles. The van der Waals surface area contributed by atoms with Crippen molar-refractivity contribution in [2.24, 2.45) is 5.92 Å². The number of likely N-dealkylation sites (tertiary alicyclic amines) is 1. The van der Waals surface area contributed by atoms with Crippen molar-refractivity contribution < 1.29 is 23.8 Å². The number of hydrogen-bond acceptors (Lipinski definition) is 5. The standard InChI is InChI=1S/C27H27NO5/c1-17(2)16-33-20-12-10-19(11-13-20)25(29)23-24(22-9-5-4-7-18(22)3)28(27(31)26(23)30)15-21-8-6-14-32-21/h4-14,17,24,29H,15-16H2,1-3H3/b25-23-. The van der Waals surface area contributed by atoms with Crippen molar-refractivity contribution in [2.45, 2.75) is 33.4 Å². The van der Waals surface area contributed by atoms with E-state index in [-0.39, 0.29) is 17.9 Å². The molecule has 0 radical (unpaired) electrons. The third-order valence-corrected chi connectivity index (χ3v) is 5.64. The molecule has 0 saturated carbocycles. The Bertz CT molecular complexity index is 1180. The molecule has 1 saturated heterocycles. The first-order valence-electron chi connectivity index (χ1n) is 11.0. The monoisotopic (exact) mass is 445 g/mol. The average molecular weight is 446 g/mol. The Kier molecular flexibility index (Phi) is 6.36. The smallest absolute Gasteiger partial charge is 0.296 e. The van der Waals surface area contributed by atoms with E-state index in [4.69, 9.17) is 9.15 Å². The van der Waals surface area contributed by atoms with Gasteiger partial charge in [-0.2, -0.15) is 0 Å². The zero-order valence-electron chi connectivity index (χ0n) is 18.9. The van der Waals surface area contributed by atoms with E-state index >= 15 is 0 Å².